The van der Waals surface area contributed by atoms with Gasteiger partial charge in [0.2, 0.25) is 0 Å². The Kier molecular flexibility index (Phi) is 5.72. The summed E-state index contributed by atoms with van der Waals surface area (Å²) in [6, 6.07) is 21.1. The van der Waals surface area contributed by atoms with E-state index in [0.29, 0.717) is 11.6 Å². The monoisotopic (exact) mass is 427 g/mol. The predicted molar refractivity (Wildman–Crippen MR) is 121 cm³/mol. The van der Waals surface area contributed by atoms with Crippen LogP contribution in [0.2, 0.25) is 0 Å². The molecule has 0 atom stereocenters. The molecule has 0 saturated heterocycles. The Morgan fingerprint density at radius 3 is 2.16 bits per heavy atom. The van der Waals surface area contributed by atoms with Crippen LogP contribution in [0.3, 0.4) is 0 Å². The van der Waals surface area contributed by atoms with Gasteiger partial charge in [0.1, 0.15) is 5.75 Å². The molecule has 7 heteroatoms. The maximum absolute atomic E-state index is 12.5. The van der Waals surface area contributed by atoms with E-state index < -0.39 is 11.9 Å². The van der Waals surface area contributed by atoms with Gasteiger partial charge in [-0.15, -0.1) is 0 Å². The van der Waals surface area contributed by atoms with Crippen molar-refractivity contribution < 1.29 is 19.4 Å². The molecule has 0 unspecified atom stereocenters. The molecule has 4 aromatic rings. The van der Waals surface area contributed by atoms with Crippen molar-refractivity contribution in [1.82, 2.24) is 9.78 Å². The van der Waals surface area contributed by atoms with Crippen LogP contribution in [0, 0.1) is 13.8 Å². The number of carboxylic acids is 1. The number of aromatic nitrogens is 2. The largest absolute Gasteiger partial charge is 0.478 e. The van der Waals surface area contributed by atoms with Crippen LogP contribution in [-0.2, 0) is 0 Å². The number of carboxylic acid groups (broad SMARTS) is 1. The highest BCUT2D eigenvalue weighted by Crippen LogP contribution is 2.29. The van der Waals surface area contributed by atoms with E-state index in [1.165, 1.54) is 24.3 Å². The first-order valence-electron chi connectivity index (χ1n) is 9.95. The van der Waals surface area contributed by atoms with Crippen LogP contribution in [0.25, 0.3) is 5.69 Å². The number of para-hydroxylation sites is 1. The number of anilines is 2. The van der Waals surface area contributed by atoms with Crippen molar-refractivity contribution in [2.75, 3.05) is 5.32 Å². The number of benzene rings is 3. The van der Waals surface area contributed by atoms with E-state index in [1.54, 1.807) is 4.68 Å². The lowest BCUT2D eigenvalue weighted by Crippen LogP contribution is -2.11. The number of nitrogens with zero attached hydrogens (tertiary/aromatic N) is 2. The highest BCUT2D eigenvalue weighted by atomic mass is 16.5. The van der Waals surface area contributed by atoms with Gasteiger partial charge < -0.3 is 15.2 Å². The standard InChI is InChI=1S/C25H21N3O4/c1-16-14-20(26-22-12-13-28(27-22)21-6-4-3-5-7-21)15-17(2)23(16)32-25(31)19-10-8-18(9-11-19)24(29)30/h3-15H,1-2H3,(H,26,27)(H,29,30). The van der Waals surface area contributed by atoms with Gasteiger partial charge in [-0.2, -0.15) is 5.10 Å². The lowest BCUT2D eigenvalue weighted by molar-refractivity contribution is 0.0691. The van der Waals surface area contributed by atoms with E-state index in [9.17, 15) is 9.59 Å². The van der Waals surface area contributed by atoms with Crippen LogP contribution in [0.15, 0.2) is 79.0 Å². The van der Waals surface area contributed by atoms with Crippen LogP contribution in [0.4, 0.5) is 11.5 Å². The summed E-state index contributed by atoms with van der Waals surface area (Å²) in [4.78, 5) is 23.5. The molecule has 32 heavy (non-hydrogen) atoms. The third kappa shape index (κ3) is 4.52. The number of aromatic carboxylic acids is 1. The summed E-state index contributed by atoms with van der Waals surface area (Å²) < 4.78 is 7.38. The molecule has 1 aromatic heterocycles. The first-order chi connectivity index (χ1) is 15.4. The van der Waals surface area contributed by atoms with Crippen molar-refractivity contribution in [3.05, 3.63) is 101 Å². The number of rotatable bonds is 6. The van der Waals surface area contributed by atoms with Crippen molar-refractivity contribution in [2.45, 2.75) is 13.8 Å². The molecule has 1 heterocycles. The van der Waals surface area contributed by atoms with Crippen molar-refractivity contribution in [2.24, 2.45) is 0 Å². The summed E-state index contributed by atoms with van der Waals surface area (Å²) in [6.45, 7) is 3.72. The van der Waals surface area contributed by atoms with E-state index in [-0.39, 0.29) is 11.1 Å². The Labute approximate surface area is 184 Å². The number of ether oxygens (including phenoxy) is 1. The molecule has 0 aliphatic heterocycles. The van der Waals surface area contributed by atoms with Crippen LogP contribution in [-0.4, -0.2) is 26.8 Å². The second-order valence-electron chi connectivity index (χ2n) is 7.32. The van der Waals surface area contributed by atoms with E-state index >= 15 is 0 Å². The molecule has 0 aliphatic carbocycles. The third-order valence-electron chi connectivity index (χ3n) is 4.90. The Balaban J connectivity index is 1.49. The molecule has 160 valence electrons. The van der Waals surface area contributed by atoms with Crippen molar-refractivity contribution in [3.63, 3.8) is 0 Å². The lowest BCUT2D eigenvalue weighted by atomic mass is 10.1. The second-order valence-corrected chi connectivity index (χ2v) is 7.32. The van der Waals surface area contributed by atoms with Crippen LogP contribution >= 0.6 is 0 Å². The summed E-state index contributed by atoms with van der Waals surface area (Å²) >= 11 is 0. The van der Waals surface area contributed by atoms with Gasteiger partial charge >= 0.3 is 11.9 Å². The highest BCUT2D eigenvalue weighted by Gasteiger charge is 2.15. The smallest absolute Gasteiger partial charge is 0.343 e. The number of esters is 1. The number of hydrogen-bond acceptors (Lipinski definition) is 5. The minimum atomic E-state index is -1.05. The lowest BCUT2D eigenvalue weighted by Gasteiger charge is -2.13. The normalized spacial score (nSPS) is 10.6. The topological polar surface area (TPSA) is 93.5 Å². The number of hydrogen-bond donors (Lipinski definition) is 2. The molecular formula is C25H21N3O4. The van der Waals surface area contributed by atoms with Crippen LogP contribution in [0.1, 0.15) is 31.8 Å². The summed E-state index contributed by atoms with van der Waals surface area (Å²) in [7, 11) is 0. The van der Waals surface area contributed by atoms with Gasteiger partial charge in [-0.25, -0.2) is 14.3 Å². The summed E-state index contributed by atoms with van der Waals surface area (Å²) in [6.07, 6.45) is 1.88. The zero-order valence-electron chi connectivity index (χ0n) is 17.6. The molecule has 2 N–H and O–H groups in total. The number of carbonyl (C=O) groups excluding carboxylic acids is 1. The number of aryl methyl sites for hydroxylation is 2. The molecule has 0 amide bonds. The first kappa shape index (κ1) is 20.9. The number of nitrogens with one attached hydrogen (secondary N) is 1. The SMILES string of the molecule is Cc1cc(Nc2ccn(-c3ccccc3)n2)cc(C)c1OC(=O)c1ccc(C(=O)O)cc1. The van der Waals surface area contributed by atoms with Gasteiger partial charge in [-0.05, 0) is 73.5 Å². The van der Waals surface area contributed by atoms with E-state index in [4.69, 9.17) is 9.84 Å². The van der Waals surface area contributed by atoms with Crippen molar-refractivity contribution in [3.8, 4) is 11.4 Å². The summed E-state index contributed by atoms with van der Waals surface area (Å²) in [5.74, 6) is -0.433. The van der Waals surface area contributed by atoms with E-state index in [2.05, 4.69) is 10.4 Å². The Morgan fingerprint density at radius 1 is 0.906 bits per heavy atom. The average molecular weight is 427 g/mol. The third-order valence-corrected chi connectivity index (χ3v) is 4.90. The van der Waals surface area contributed by atoms with Crippen LogP contribution < -0.4 is 10.1 Å². The highest BCUT2D eigenvalue weighted by molar-refractivity contribution is 5.93. The van der Waals surface area contributed by atoms with Gasteiger partial charge in [-0.1, -0.05) is 18.2 Å². The minimum Gasteiger partial charge on any atom is -0.478 e. The first-order valence-corrected chi connectivity index (χ1v) is 9.95. The average Bonchev–Trinajstić information content (AvgIpc) is 3.25. The summed E-state index contributed by atoms with van der Waals surface area (Å²) in [5.41, 5.74) is 3.74. The fraction of sp³-hybridized carbons (Fsp3) is 0.0800. The Bertz CT molecular complexity index is 1260. The summed E-state index contributed by atoms with van der Waals surface area (Å²) in [5, 5.41) is 16.8. The molecular weight excluding hydrogens is 406 g/mol. The molecule has 0 spiro atoms. The number of carbonyl (C=O) groups is 2. The molecule has 0 fully saturated rings. The van der Waals surface area contributed by atoms with Gasteiger partial charge in [-0.3, -0.25) is 0 Å². The maximum atomic E-state index is 12.5. The quantitative estimate of drug-likeness (QED) is 0.326. The van der Waals surface area contributed by atoms with Crippen molar-refractivity contribution >= 4 is 23.4 Å². The zero-order chi connectivity index (χ0) is 22.7. The zero-order valence-corrected chi connectivity index (χ0v) is 17.6. The fourth-order valence-corrected chi connectivity index (χ4v) is 3.35. The van der Waals surface area contributed by atoms with Crippen LogP contribution in [0.5, 0.6) is 5.75 Å². The second kappa shape index (κ2) is 8.77. The maximum Gasteiger partial charge on any atom is 0.343 e. The molecule has 3 aromatic carbocycles. The van der Waals surface area contributed by atoms with Gasteiger partial charge in [0.05, 0.1) is 16.8 Å². The molecule has 0 saturated carbocycles. The molecule has 7 nitrogen and oxygen atoms in total. The Morgan fingerprint density at radius 2 is 1.53 bits per heavy atom. The predicted octanol–water partition coefficient (Wildman–Crippen LogP) is 5.15. The molecule has 0 aliphatic rings. The molecule has 0 bridgehead atoms. The molecule has 4 rings (SSSR count). The van der Waals surface area contributed by atoms with Gasteiger partial charge in [0, 0.05) is 18.0 Å². The van der Waals surface area contributed by atoms with Gasteiger partial charge in [0.15, 0.2) is 5.82 Å². The fourth-order valence-electron chi connectivity index (χ4n) is 3.35. The van der Waals surface area contributed by atoms with E-state index in [1.807, 2.05) is 68.6 Å². The Hall–Kier alpha value is -4.39. The van der Waals surface area contributed by atoms with Gasteiger partial charge in [0.25, 0.3) is 0 Å². The minimum absolute atomic E-state index is 0.110. The molecule has 0 radical (unpaired) electrons. The van der Waals surface area contributed by atoms with Crippen molar-refractivity contribution in [1.29, 1.82) is 0 Å². The van der Waals surface area contributed by atoms with E-state index in [0.717, 1.165) is 22.5 Å².